The zero-order valence-electron chi connectivity index (χ0n) is 10.0. The van der Waals surface area contributed by atoms with Gasteiger partial charge in [-0.1, -0.05) is 0 Å². The number of aliphatic hydroxyl groups is 1. The van der Waals surface area contributed by atoms with Gasteiger partial charge in [-0.3, -0.25) is 4.79 Å². The average molecular weight is 240 g/mol. The first-order valence-corrected chi connectivity index (χ1v) is 5.12. The fourth-order valence-electron chi connectivity index (χ4n) is 1.26. The zero-order chi connectivity index (χ0) is 13.2. The van der Waals surface area contributed by atoms with Gasteiger partial charge in [0.1, 0.15) is 5.69 Å². The molecular weight excluding hydrogens is 224 g/mol. The molecular formula is C11H16N2O4. The molecule has 1 rings (SSSR count). The van der Waals surface area contributed by atoms with Crippen molar-refractivity contribution in [2.24, 2.45) is 7.05 Å². The number of nitrogens with zero attached hydrogens (tertiary/aromatic N) is 1. The Morgan fingerprint density at radius 2 is 2.06 bits per heavy atom. The van der Waals surface area contributed by atoms with Crippen LogP contribution in [0.25, 0.3) is 0 Å². The summed E-state index contributed by atoms with van der Waals surface area (Å²) in [5.74, 6) is -1.79. The van der Waals surface area contributed by atoms with Crippen LogP contribution in [0, 0.1) is 6.92 Å². The Hall–Kier alpha value is -1.82. The van der Waals surface area contributed by atoms with Crippen molar-refractivity contribution in [1.82, 2.24) is 9.88 Å². The fraction of sp³-hybridized carbons (Fsp3) is 0.455. The Morgan fingerprint density at radius 3 is 2.47 bits per heavy atom. The third-order valence-electron chi connectivity index (χ3n) is 2.66. The Morgan fingerprint density at radius 1 is 1.47 bits per heavy atom. The predicted molar refractivity (Wildman–Crippen MR) is 60.7 cm³/mol. The lowest BCUT2D eigenvalue weighted by atomic mass is 10.1. The van der Waals surface area contributed by atoms with Crippen LogP contribution >= 0.6 is 0 Å². The van der Waals surface area contributed by atoms with Gasteiger partial charge in [-0.15, -0.1) is 0 Å². The van der Waals surface area contributed by atoms with Crippen molar-refractivity contribution in [2.45, 2.75) is 19.4 Å². The maximum atomic E-state index is 11.7. The molecule has 0 spiro atoms. The summed E-state index contributed by atoms with van der Waals surface area (Å²) in [7, 11) is 1.74. The number of aliphatic carboxylic acids is 1. The second-order valence-electron chi connectivity index (χ2n) is 4.18. The molecule has 0 saturated carbocycles. The van der Waals surface area contributed by atoms with Crippen molar-refractivity contribution < 1.29 is 19.8 Å². The Kier molecular flexibility index (Phi) is 3.57. The highest BCUT2D eigenvalue weighted by Gasteiger charge is 2.30. The van der Waals surface area contributed by atoms with Gasteiger partial charge in [-0.05, 0) is 26.0 Å². The van der Waals surface area contributed by atoms with Crippen LogP contribution in [0.2, 0.25) is 0 Å². The van der Waals surface area contributed by atoms with Crippen LogP contribution < -0.4 is 5.32 Å². The first kappa shape index (κ1) is 13.2. The predicted octanol–water partition coefficient (Wildman–Crippen LogP) is -0.101. The summed E-state index contributed by atoms with van der Waals surface area (Å²) in [6, 6.07) is 3.42. The summed E-state index contributed by atoms with van der Waals surface area (Å²) in [6.07, 6.45) is 0. The summed E-state index contributed by atoms with van der Waals surface area (Å²) >= 11 is 0. The molecule has 6 nitrogen and oxygen atoms in total. The van der Waals surface area contributed by atoms with Crippen LogP contribution in [0.3, 0.4) is 0 Å². The quantitative estimate of drug-likeness (QED) is 0.685. The summed E-state index contributed by atoms with van der Waals surface area (Å²) in [5, 5.41) is 20.5. The number of aromatic nitrogens is 1. The van der Waals surface area contributed by atoms with Gasteiger partial charge in [-0.25, -0.2) is 4.79 Å². The van der Waals surface area contributed by atoms with Crippen LogP contribution in [0.15, 0.2) is 12.1 Å². The Labute approximate surface area is 98.9 Å². The molecule has 0 bridgehead atoms. The van der Waals surface area contributed by atoms with Crippen molar-refractivity contribution in [1.29, 1.82) is 0 Å². The molecule has 1 aromatic heterocycles. The lowest BCUT2D eigenvalue weighted by Crippen LogP contribution is -2.46. The van der Waals surface area contributed by atoms with E-state index >= 15 is 0 Å². The molecule has 6 heteroatoms. The third-order valence-corrected chi connectivity index (χ3v) is 2.66. The van der Waals surface area contributed by atoms with Crippen molar-refractivity contribution in [3.63, 3.8) is 0 Å². The second kappa shape index (κ2) is 4.58. The summed E-state index contributed by atoms with van der Waals surface area (Å²) < 4.78 is 1.69. The van der Waals surface area contributed by atoms with Gasteiger partial charge in [0, 0.05) is 12.7 Å². The first-order valence-electron chi connectivity index (χ1n) is 5.12. The number of hydrogen-bond acceptors (Lipinski definition) is 3. The lowest BCUT2D eigenvalue weighted by molar-refractivity contribution is -0.155. The summed E-state index contributed by atoms with van der Waals surface area (Å²) in [4.78, 5) is 22.3. The highest BCUT2D eigenvalue weighted by atomic mass is 16.4. The molecule has 1 atom stereocenters. The molecule has 0 aliphatic rings. The van der Waals surface area contributed by atoms with Crippen LogP contribution in [0.5, 0.6) is 0 Å². The van der Waals surface area contributed by atoms with Gasteiger partial charge in [0.15, 0.2) is 5.60 Å². The van der Waals surface area contributed by atoms with Crippen molar-refractivity contribution in [2.75, 3.05) is 6.54 Å². The highest BCUT2D eigenvalue weighted by Crippen LogP contribution is 2.06. The smallest absolute Gasteiger partial charge is 0.337 e. The largest absolute Gasteiger partial charge is 0.479 e. The number of amides is 1. The van der Waals surface area contributed by atoms with E-state index in [1.807, 2.05) is 6.92 Å². The topological polar surface area (TPSA) is 91.6 Å². The number of carboxylic acid groups (broad SMARTS) is 1. The number of hydrogen-bond donors (Lipinski definition) is 3. The molecule has 1 aromatic rings. The van der Waals surface area contributed by atoms with E-state index in [0.29, 0.717) is 5.69 Å². The minimum Gasteiger partial charge on any atom is -0.479 e. The normalized spacial score (nSPS) is 14.1. The van der Waals surface area contributed by atoms with Crippen LogP contribution in [-0.4, -0.2) is 38.8 Å². The summed E-state index contributed by atoms with van der Waals surface area (Å²) in [6.45, 7) is 2.64. The van der Waals surface area contributed by atoms with Crippen LogP contribution in [-0.2, 0) is 11.8 Å². The minimum atomic E-state index is -1.96. The lowest BCUT2D eigenvalue weighted by Gasteiger charge is -2.18. The fourth-order valence-corrected chi connectivity index (χ4v) is 1.26. The van der Waals surface area contributed by atoms with E-state index in [0.717, 1.165) is 12.6 Å². The van der Waals surface area contributed by atoms with Crippen molar-refractivity contribution in [3.8, 4) is 0 Å². The van der Waals surface area contributed by atoms with Crippen molar-refractivity contribution >= 4 is 11.9 Å². The third kappa shape index (κ3) is 2.85. The van der Waals surface area contributed by atoms with E-state index in [4.69, 9.17) is 5.11 Å². The average Bonchev–Trinajstić information content (AvgIpc) is 2.56. The number of aryl methyl sites for hydroxylation is 1. The number of carboxylic acids is 1. The molecule has 1 amide bonds. The van der Waals surface area contributed by atoms with Gasteiger partial charge in [0.2, 0.25) is 0 Å². The molecule has 3 N–H and O–H groups in total. The number of nitrogens with one attached hydrogen (secondary N) is 1. The molecule has 0 aliphatic carbocycles. The minimum absolute atomic E-state index is 0.342. The Balaban J connectivity index is 2.69. The maximum Gasteiger partial charge on any atom is 0.337 e. The molecule has 0 saturated heterocycles. The molecule has 0 fully saturated rings. The summed E-state index contributed by atoms with van der Waals surface area (Å²) in [5.41, 5.74) is -0.626. The Bertz CT molecular complexity index is 448. The first-order chi connectivity index (χ1) is 7.75. The highest BCUT2D eigenvalue weighted by molar-refractivity contribution is 5.93. The SMILES string of the molecule is Cc1ccc(C(=O)NCC(C)(O)C(=O)O)n1C. The van der Waals surface area contributed by atoms with E-state index in [-0.39, 0.29) is 6.54 Å². The number of carbonyl (C=O) groups excluding carboxylic acids is 1. The van der Waals surface area contributed by atoms with Gasteiger partial charge < -0.3 is 20.1 Å². The van der Waals surface area contributed by atoms with Crippen LogP contribution in [0.4, 0.5) is 0 Å². The standard InChI is InChI=1S/C11H16N2O4/c1-7-4-5-8(13(7)3)9(14)12-6-11(2,17)10(15)16/h4-5,17H,6H2,1-3H3,(H,12,14)(H,15,16). The van der Waals surface area contributed by atoms with E-state index in [1.54, 1.807) is 23.7 Å². The van der Waals surface area contributed by atoms with Gasteiger partial charge in [0.05, 0.1) is 6.54 Å². The molecule has 0 aromatic carbocycles. The van der Waals surface area contributed by atoms with Gasteiger partial charge >= 0.3 is 5.97 Å². The second-order valence-corrected chi connectivity index (χ2v) is 4.18. The monoisotopic (exact) mass is 240 g/mol. The molecule has 0 radical (unpaired) electrons. The van der Waals surface area contributed by atoms with Gasteiger partial charge in [0.25, 0.3) is 5.91 Å². The van der Waals surface area contributed by atoms with E-state index in [9.17, 15) is 14.7 Å². The maximum absolute atomic E-state index is 11.7. The molecule has 0 aliphatic heterocycles. The number of rotatable bonds is 4. The van der Waals surface area contributed by atoms with E-state index < -0.39 is 17.5 Å². The van der Waals surface area contributed by atoms with E-state index in [1.165, 1.54) is 0 Å². The molecule has 17 heavy (non-hydrogen) atoms. The molecule has 1 unspecified atom stereocenters. The van der Waals surface area contributed by atoms with Gasteiger partial charge in [-0.2, -0.15) is 0 Å². The zero-order valence-corrected chi connectivity index (χ0v) is 10.0. The van der Waals surface area contributed by atoms with Crippen LogP contribution in [0.1, 0.15) is 23.1 Å². The van der Waals surface area contributed by atoms with E-state index in [2.05, 4.69) is 5.32 Å². The molecule has 94 valence electrons. The van der Waals surface area contributed by atoms with Crippen molar-refractivity contribution in [3.05, 3.63) is 23.5 Å². The molecule has 1 heterocycles. The number of carbonyl (C=O) groups is 2.